The molecule has 4 nitrogen and oxygen atoms in total. The molecular weight excluding hydrogens is 292 g/mol. The van der Waals surface area contributed by atoms with E-state index in [1.54, 1.807) is 24.4 Å². The lowest BCUT2D eigenvalue weighted by molar-refractivity contribution is 0.305. The maximum absolute atomic E-state index is 8.73. The van der Waals surface area contributed by atoms with Gasteiger partial charge < -0.3 is 9.84 Å². The van der Waals surface area contributed by atoms with Crippen LogP contribution in [-0.4, -0.2) is 29.0 Å². The Kier molecular flexibility index (Phi) is 5.87. The molecular formula is C14H14N2O2S2. The average Bonchev–Trinajstić information content (AvgIpc) is 2.99. The molecule has 0 aliphatic carbocycles. The largest absolute Gasteiger partial charge is 0.496 e. The van der Waals surface area contributed by atoms with Crippen molar-refractivity contribution in [3.63, 3.8) is 0 Å². The Bertz CT molecular complexity index is 603. The highest BCUT2D eigenvalue weighted by atomic mass is 32.2. The summed E-state index contributed by atoms with van der Waals surface area (Å²) in [6.45, 7) is 0.0862. The first-order valence-corrected chi connectivity index (χ1v) is 7.85. The molecule has 1 aromatic heterocycles. The summed E-state index contributed by atoms with van der Waals surface area (Å²) >= 11 is 3.14. The Morgan fingerprint density at radius 1 is 1.45 bits per heavy atom. The fourth-order valence-electron chi connectivity index (χ4n) is 1.55. The molecule has 2 rings (SSSR count). The van der Waals surface area contributed by atoms with E-state index in [9.17, 15) is 0 Å². The first kappa shape index (κ1) is 14.9. The molecule has 1 aromatic carbocycles. The number of aliphatic hydroxyl groups excluding tert-OH is 1. The molecule has 6 heteroatoms. The van der Waals surface area contributed by atoms with E-state index in [1.165, 1.54) is 11.3 Å². The Morgan fingerprint density at radius 3 is 3.05 bits per heavy atom. The lowest BCUT2D eigenvalue weighted by Crippen LogP contribution is -1.91. The summed E-state index contributed by atoms with van der Waals surface area (Å²) in [6.07, 6.45) is 0.487. The molecule has 2 aromatic rings. The van der Waals surface area contributed by atoms with Gasteiger partial charge in [0.05, 0.1) is 13.7 Å². The van der Waals surface area contributed by atoms with Crippen molar-refractivity contribution in [2.24, 2.45) is 0 Å². The topological polar surface area (TPSA) is 55.2 Å². The number of methoxy groups -OCH3 is 1. The van der Waals surface area contributed by atoms with Crippen molar-refractivity contribution in [2.75, 3.05) is 13.7 Å². The predicted molar refractivity (Wildman–Crippen MR) is 81.0 cm³/mol. The minimum atomic E-state index is 0.0862. The fraction of sp³-hybridized carbons (Fsp3) is 0.286. The molecule has 0 fully saturated rings. The SMILES string of the molecule is COc1ccc(C#CCCO)cc1CSc1nncs1. The zero-order valence-corrected chi connectivity index (χ0v) is 12.6. The van der Waals surface area contributed by atoms with Crippen molar-refractivity contribution in [1.82, 2.24) is 10.2 Å². The summed E-state index contributed by atoms with van der Waals surface area (Å²) in [5.41, 5.74) is 3.71. The van der Waals surface area contributed by atoms with Gasteiger partial charge in [0.2, 0.25) is 0 Å². The average molecular weight is 306 g/mol. The second-order valence-corrected chi connectivity index (χ2v) is 5.85. The van der Waals surface area contributed by atoms with Crippen molar-refractivity contribution < 1.29 is 9.84 Å². The monoisotopic (exact) mass is 306 g/mol. The van der Waals surface area contributed by atoms with E-state index in [2.05, 4.69) is 22.0 Å². The van der Waals surface area contributed by atoms with Crippen molar-refractivity contribution in [1.29, 1.82) is 0 Å². The maximum Gasteiger partial charge on any atom is 0.174 e. The summed E-state index contributed by atoms with van der Waals surface area (Å²) in [5.74, 6) is 7.55. The van der Waals surface area contributed by atoms with Gasteiger partial charge in [0.15, 0.2) is 4.34 Å². The van der Waals surface area contributed by atoms with Crippen LogP contribution in [0.25, 0.3) is 0 Å². The van der Waals surface area contributed by atoms with Gasteiger partial charge in [0.1, 0.15) is 11.3 Å². The van der Waals surface area contributed by atoms with E-state index in [0.29, 0.717) is 6.42 Å². The maximum atomic E-state index is 8.73. The Labute approximate surface area is 126 Å². The van der Waals surface area contributed by atoms with Gasteiger partial charge in [-0.2, -0.15) is 0 Å². The number of aromatic nitrogens is 2. The molecule has 1 N–H and O–H groups in total. The molecule has 1 heterocycles. The van der Waals surface area contributed by atoms with E-state index < -0.39 is 0 Å². The van der Waals surface area contributed by atoms with E-state index in [-0.39, 0.29) is 6.61 Å². The van der Waals surface area contributed by atoms with Crippen LogP contribution in [0.15, 0.2) is 28.0 Å². The van der Waals surface area contributed by atoms with Crippen LogP contribution in [0.5, 0.6) is 5.75 Å². The summed E-state index contributed by atoms with van der Waals surface area (Å²) in [6, 6.07) is 5.85. The fourth-order valence-corrected chi connectivity index (χ4v) is 3.02. The second-order valence-electron chi connectivity index (χ2n) is 3.80. The van der Waals surface area contributed by atoms with Gasteiger partial charge in [-0.15, -0.1) is 10.2 Å². The lowest BCUT2D eigenvalue weighted by Gasteiger charge is -2.07. The number of thioether (sulfide) groups is 1. The van der Waals surface area contributed by atoms with Gasteiger partial charge in [-0.1, -0.05) is 34.9 Å². The lowest BCUT2D eigenvalue weighted by atomic mass is 10.1. The predicted octanol–water partition coefficient (Wildman–Crippen LogP) is 2.57. The summed E-state index contributed by atoms with van der Waals surface area (Å²) in [5, 5.41) is 16.6. The molecule has 20 heavy (non-hydrogen) atoms. The minimum Gasteiger partial charge on any atom is -0.496 e. The van der Waals surface area contributed by atoms with Crippen molar-refractivity contribution in [2.45, 2.75) is 16.5 Å². The second kappa shape index (κ2) is 7.90. The van der Waals surface area contributed by atoms with Gasteiger partial charge in [0.25, 0.3) is 0 Å². The number of hydrogen-bond donors (Lipinski definition) is 1. The number of aliphatic hydroxyl groups is 1. The molecule has 0 spiro atoms. The van der Waals surface area contributed by atoms with Gasteiger partial charge in [0, 0.05) is 23.3 Å². The first-order chi connectivity index (χ1) is 9.83. The van der Waals surface area contributed by atoms with Crippen molar-refractivity contribution >= 4 is 23.1 Å². The highest BCUT2D eigenvalue weighted by Crippen LogP contribution is 2.29. The third-order valence-corrected chi connectivity index (χ3v) is 4.35. The number of rotatable bonds is 5. The zero-order valence-electron chi connectivity index (χ0n) is 11.0. The molecule has 104 valence electrons. The number of nitrogens with zero attached hydrogens (tertiary/aromatic N) is 2. The van der Waals surface area contributed by atoms with Crippen LogP contribution in [0.4, 0.5) is 0 Å². The molecule has 0 aliphatic rings. The summed E-state index contributed by atoms with van der Waals surface area (Å²) in [7, 11) is 1.66. The quantitative estimate of drug-likeness (QED) is 0.679. The van der Waals surface area contributed by atoms with E-state index in [1.807, 2.05) is 18.2 Å². The normalized spacial score (nSPS) is 9.90. The van der Waals surface area contributed by atoms with Crippen LogP contribution in [0.2, 0.25) is 0 Å². The van der Waals surface area contributed by atoms with Crippen LogP contribution in [-0.2, 0) is 5.75 Å². The Hall–Kier alpha value is -1.55. The molecule has 0 amide bonds. The standard InChI is InChI=1S/C14H14N2O2S2/c1-18-13-6-5-11(4-2-3-7-17)8-12(13)9-19-14-16-15-10-20-14/h5-6,8,10,17H,3,7,9H2,1H3. The van der Waals surface area contributed by atoms with Crippen molar-refractivity contribution in [3.8, 4) is 17.6 Å². The minimum absolute atomic E-state index is 0.0862. The molecule has 0 radical (unpaired) electrons. The molecule has 0 unspecified atom stereocenters. The molecule has 0 aliphatic heterocycles. The highest BCUT2D eigenvalue weighted by molar-refractivity contribution is 8.00. The number of hydrogen-bond acceptors (Lipinski definition) is 6. The van der Waals surface area contributed by atoms with Gasteiger partial charge >= 0.3 is 0 Å². The van der Waals surface area contributed by atoms with Gasteiger partial charge in [-0.3, -0.25) is 0 Å². The van der Waals surface area contributed by atoms with Crippen LogP contribution in [0, 0.1) is 11.8 Å². The summed E-state index contributed by atoms with van der Waals surface area (Å²) in [4.78, 5) is 0. The first-order valence-electron chi connectivity index (χ1n) is 5.99. The zero-order chi connectivity index (χ0) is 14.2. The van der Waals surface area contributed by atoms with E-state index in [0.717, 1.165) is 27.0 Å². The number of benzene rings is 1. The number of ether oxygens (including phenoxy) is 1. The molecule has 0 saturated carbocycles. The highest BCUT2D eigenvalue weighted by Gasteiger charge is 2.06. The smallest absolute Gasteiger partial charge is 0.174 e. The molecule has 0 saturated heterocycles. The van der Waals surface area contributed by atoms with E-state index >= 15 is 0 Å². The van der Waals surface area contributed by atoms with Crippen LogP contribution >= 0.6 is 23.1 Å². The molecule has 0 atom stereocenters. The van der Waals surface area contributed by atoms with Crippen LogP contribution < -0.4 is 4.74 Å². The van der Waals surface area contributed by atoms with Gasteiger partial charge in [-0.25, -0.2) is 0 Å². The van der Waals surface area contributed by atoms with Crippen molar-refractivity contribution in [3.05, 3.63) is 34.8 Å². The van der Waals surface area contributed by atoms with Crippen LogP contribution in [0.1, 0.15) is 17.5 Å². The van der Waals surface area contributed by atoms with Gasteiger partial charge in [-0.05, 0) is 18.2 Å². The third kappa shape index (κ3) is 4.23. The molecule has 0 bridgehead atoms. The van der Waals surface area contributed by atoms with Crippen LogP contribution in [0.3, 0.4) is 0 Å². The third-order valence-electron chi connectivity index (χ3n) is 2.44. The Morgan fingerprint density at radius 2 is 2.35 bits per heavy atom. The summed E-state index contributed by atoms with van der Waals surface area (Å²) < 4.78 is 6.30. The Balaban J connectivity index is 2.12. The van der Waals surface area contributed by atoms with E-state index in [4.69, 9.17) is 9.84 Å².